The van der Waals surface area contributed by atoms with E-state index in [0.717, 1.165) is 21.7 Å². The quantitative estimate of drug-likeness (QED) is 0.528. The first-order valence-electron chi connectivity index (χ1n) is 11.2. The van der Waals surface area contributed by atoms with Crippen molar-refractivity contribution >= 4 is 39.1 Å². The molecule has 0 radical (unpaired) electrons. The molecule has 0 bridgehead atoms. The van der Waals surface area contributed by atoms with Crippen LogP contribution in [0.2, 0.25) is 5.02 Å². The maximum atomic E-state index is 13.5. The van der Waals surface area contributed by atoms with Crippen LogP contribution in [-0.2, 0) is 26.2 Å². The van der Waals surface area contributed by atoms with Crippen LogP contribution < -0.4 is 9.62 Å². The molecule has 186 valence electrons. The Morgan fingerprint density at radius 3 is 2.21 bits per heavy atom. The summed E-state index contributed by atoms with van der Waals surface area (Å²) < 4.78 is 26.4. The molecule has 2 aromatic rings. The van der Waals surface area contributed by atoms with Gasteiger partial charge in [-0.3, -0.25) is 13.9 Å². The SMILES string of the molecule is Cc1ccc(CN(C(=O)CN(c2cc(Cl)ccc2C)S(C)(=O)=O)C(C)C(=O)NCC(C)C)cc1. The van der Waals surface area contributed by atoms with Gasteiger partial charge in [-0.2, -0.15) is 0 Å². The number of nitrogens with one attached hydrogen (secondary N) is 1. The lowest BCUT2D eigenvalue weighted by Gasteiger charge is -2.32. The molecule has 0 heterocycles. The summed E-state index contributed by atoms with van der Waals surface area (Å²) in [5.41, 5.74) is 2.90. The zero-order chi connectivity index (χ0) is 25.6. The highest BCUT2D eigenvalue weighted by atomic mass is 35.5. The van der Waals surface area contributed by atoms with Crippen molar-refractivity contribution in [1.29, 1.82) is 0 Å². The molecule has 34 heavy (non-hydrogen) atoms. The van der Waals surface area contributed by atoms with Crippen molar-refractivity contribution < 1.29 is 18.0 Å². The van der Waals surface area contributed by atoms with E-state index < -0.39 is 28.5 Å². The van der Waals surface area contributed by atoms with Crippen LogP contribution in [0.1, 0.15) is 37.5 Å². The Balaban J connectivity index is 2.40. The van der Waals surface area contributed by atoms with Crippen LogP contribution in [0.3, 0.4) is 0 Å². The van der Waals surface area contributed by atoms with Gasteiger partial charge in [0.1, 0.15) is 12.6 Å². The summed E-state index contributed by atoms with van der Waals surface area (Å²) in [4.78, 5) is 27.8. The maximum absolute atomic E-state index is 13.5. The van der Waals surface area contributed by atoms with Crippen molar-refractivity contribution in [2.24, 2.45) is 5.92 Å². The zero-order valence-electron chi connectivity index (χ0n) is 20.6. The molecule has 2 amide bonds. The number of hydrogen-bond acceptors (Lipinski definition) is 4. The van der Waals surface area contributed by atoms with E-state index in [4.69, 9.17) is 11.6 Å². The smallest absolute Gasteiger partial charge is 0.244 e. The molecule has 7 nitrogen and oxygen atoms in total. The summed E-state index contributed by atoms with van der Waals surface area (Å²) in [5, 5.41) is 3.22. The van der Waals surface area contributed by atoms with Gasteiger partial charge < -0.3 is 10.2 Å². The van der Waals surface area contributed by atoms with E-state index in [9.17, 15) is 18.0 Å². The van der Waals surface area contributed by atoms with Crippen LogP contribution in [0.4, 0.5) is 5.69 Å². The minimum absolute atomic E-state index is 0.168. The van der Waals surface area contributed by atoms with Crippen molar-refractivity contribution in [3.05, 3.63) is 64.2 Å². The van der Waals surface area contributed by atoms with Gasteiger partial charge in [0.25, 0.3) is 0 Å². The summed E-state index contributed by atoms with van der Waals surface area (Å²) in [6.07, 6.45) is 1.05. The minimum atomic E-state index is -3.81. The van der Waals surface area contributed by atoms with E-state index in [2.05, 4.69) is 5.32 Å². The predicted octanol–water partition coefficient (Wildman–Crippen LogP) is 3.91. The first-order valence-corrected chi connectivity index (χ1v) is 13.4. The standard InChI is InChI=1S/C25H34ClN3O4S/c1-17(2)14-27-25(31)20(5)28(15-21-10-7-18(3)8-11-21)24(30)16-29(34(6,32)33)23-13-22(26)12-9-19(23)4/h7-13,17,20H,14-16H2,1-6H3,(H,27,31). The van der Waals surface area contributed by atoms with E-state index in [-0.39, 0.29) is 18.4 Å². The number of anilines is 1. The fourth-order valence-electron chi connectivity index (χ4n) is 3.37. The molecule has 0 fully saturated rings. The summed E-state index contributed by atoms with van der Waals surface area (Å²) in [5.74, 6) is -0.527. The van der Waals surface area contributed by atoms with Gasteiger partial charge in [0.05, 0.1) is 11.9 Å². The van der Waals surface area contributed by atoms with Crippen molar-refractivity contribution in [3.63, 3.8) is 0 Å². The third-order valence-electron chi connectivity index (χ3n) is 5.44. The van der Waals surface area contributed by atoms with Gasteiger partial charge in [-0.1, -0.05) is 61.3 Å². The normalized spacial score (nSPS) is 12.4. The monoisotopic (exact) mass is 507 g/mol. The molecule has 0 aliphatic rings. The number of halogens is 1. The highest BCUT2D eigenvalue weighted by Gasteiger charge is 2.30. The Bertz CT molecular complexity index is 1120. The third-order valence-corrected chi connectivity index (χ3v) is 6.81. The number of carbonyl (C=O) groups excluding carboxylic acids is 2. The second-order valence-electron chi connectivity index (χ2n) is 9.02. The molecule has 1 N–H and O–H groups in total. The molecular weight excluding hydrogens is 474 g/mol. The topological polar surface area (TPSA) is 86.8 Å². The fraction of sp³-hybridized carbons (Fsp3) is 0.440. The van der Waals surface area contributed by atoms with Crippen LogP contribution in [-0.4, -0.2) is 50.5 Å². The number of nitrogens with zero attached hydrogens (tertiary/aromatic N) is 2. The van der Waals surface area contributed by atoms with Crippen LogP contribution in [0.25, 0.3) is 0 Å². The molecular formula is C25H34ClN3O4S. The Labute approximate surface area is 208 Å². The van der Waals surface area contributed by atoms with Gasteiger partial charge >= 0.3 is 0 Å². The van der Waals surface area contributed by atoms with Gasteiger partial charge in [-0.15, -0.1) is 0 Å². The number of carbonyl (C=O) groups is 2. The van der Waals surface area contributed by atoms with E-state index >= 15 is 0 Å². The summed E-state index contributed by atoms with van der Waals surface area (Å²) in [7, 11) is -3.81. The van der Waals surface area contributed by atoms with E-state index in [1.807, 2.05) is 45.0 Å². The molecule has 9 heteroatoms. The lowest BCUT2D eigenvalue weighted by atomic mass is 10.1. The van der Waals surface area contributed by atoms with Crippen molar-refractivity contribution in [1.82, 2.24) is 10.2 Å². The number of rotatable bonds is 10. The largest absolute Gasteiger partial charge is 0.354 e. The van der Waals surface area contributed by atoms with Gasteiger partial charge in [-0.05, 0) is 49.9 Å². The van der Waals surface area contributed by atoms with Gasteiger partial charge in [0.2, 0.25) is 21.8 Å². The molecule has 0 aliphatic heterocycles. The number of benzene rings is 2. The highest BCUT2D eigenvalue weighted by Crippen LogP contribution is 2.26. The molecule has 0 aliphatic carbocycles. The molecule has 2 aromatic carbocycles. The Kier molecular flexibility index (Phi) is 9.53. The Morgan fingerprint density at radius 2 is 1.65 bits per heavy atom. The number of sulfonamides is 1. The Hall–Kier alpha value is -2.58. The fourth-order valence-corrected chi connectivity index (χ4v) is 4.44. The average molecular weight is 508 g/mol. The molecule has 2 rings (SSSR count). The molecule has 0 aromatic heterocycles. The van der Waals surface area contributed by atoms with Crippen LogP contribution in [0, 0.1) is 19.8 Å². The molecule has 1 atom stereocenters. The second kappa shape index (κ2) is 11.7. The van der Waals surface area contributed by atoms with Gasteiger partial charge in [-0.25, -0.2) is 8.42 Å². The number of hydrogen-bond donors (Lipinski definition) is 1. The minimum Gasteiger partial charge on any atom is -0.354 e. The van der Waals surface area contributed by atoms with Crippen molar-refractivity contribution in [2.75, 3.05) is 23.7 Å². The highest BCUT2D eigenvalue weighted by molar-refractivity contribution is 7.92. The first-order chi connectivity index (χ1) is 15.8. The average Bonchev–Trinajstić information content (AvgIpc) is 2.75. The molecule has 0 saturated heterocycles. The number of aryl methyl sites for hydroxylation is 2. The lowest BCUT2D eigenvalue weighted by molar-refractivity contribution is -0.139. The van der Waals surface area contributed by atoms with Crippen molar-refractivity contribution in [3.8, 4) is 0 Å². The zero-order valence-corrected chi connectivity index (χ0v) is 22.2. The first kappa shape index (κ1) is 27.7. The second-order valence-corrected chi connectivity index (χ2v) is 11.4. The lowest BCUT2D eigenvalue weighted by Crippen LogP contribution is -2.51. The predicted molar refractivity (Wildman–Crippen MR) is 137 cm³/mol. The molecule has 0 saturated carbocycles. The van der Waals surface area contributed by atoms with Gasteiger partial charge in [0.15, 0.2) is 0 Å². The maximum Gasteiger partial charge on any atom is 0.244 e. The third kappa shape index (κ3) is 7.74. The summed E-state index contributed by atoms with van der Waals surface area (Å²) >= 11 is 6.11. The summed E-state index contributed by atoms with van der Waals surface area (Å²) in [6.45, 7) is 9.53. The van der Waals surface area contributed by atoms with E-state index in [1.165, 1.54) is 11.0 Å². The van der Waals surface area contributed by atoms with Crippen LogP contribution in [0.15, 0.2) is 42.5 Å². The molecule has 1 unspecified atom stereocenters. The van der Waals surface area contributed by atoms with Crippen LogP contribution >= 0.6 is 11.6 Å². The van der Waals surface area contributed by atoms with Crippen LogP contribution in [0.5, 0.6) is 0 Å². The van der Waals surface area contributed by atoms with E-state index in [1.54, 1.807) is 26.0 Å². The van der Waals surface area contributed by atoms with Crippen molar-refractivity contribution in [2.45, 2.75) is 47.2 Å². The Morgan fingerprint density at radius 1 is 1.03 bits per heavy atom. The number of amides is 2. The molecule has 0 spiro atoms. The van der Waals surface area contributed by atoms with Gasteiger partial charge in [0, 0.05) is 18.1 Å². The summed E-state index contributed by atoms with van der Waals surface area (Å²) in [6, 6.07) is 11.7. The van der Waals surface area contributed by atoms with E-state index in [0.29, 0.717) is 22.8 Å².